The van der Waals surface area contributed by atoms with Crippen molar-refractivity contribution in [2.45, 2.75) is 24.9 Å². The number of likely N-dealkylation sites (tertiary alicyclic amines) is 1. The molecular formula is C10H18N4O. The first-order valence-electron chi connectivity index (χ1n) is 5.38. The van der Waals surface area contributed by atoms with Crippen molar-refractivity contribution in [2.75, 3.05) is 20.1 Å². The van der Waals surface area contributed by atoms with Crippen LogP contribution in [0.3, 0.4) is 0 Å². The van der Waals surface area contributed by atoms with Gasteiger partial charge in [-0.2, -0.15) is 0 Å². The van der Waals surface area contributed by atoms with Crippen molar-refractivity contribution in [3.05, 3.63) is 11.9 Å². The van der Waals surface area contributed by atoms with E-state index in [1.54, 1.807) is 10.9 Å². The van der Waals surface area contributed by atoms with Crippen LogP contribution in [0.4, 0.5) is 0 Å². The van der Waals surface area contributed by atoms with E-state index in [-0.39, 0.29) is 0 Å². The fourth-order valence-corrected chi connectivity index (χ4v) is 2.22. The molecule has 1 aliphatic rings. The summed E-state index contributed by atoms with van der Waals surface area (Å²) in [6.07, 6.45) is 4.23. The van der Waals surface area contributed by atoms with Crippen molar-refractivity contribution in [3.8, 4) is 0 Å². The molecule has 0 bridgehead atoms. The van der Waals surface area contributed by atoms with Gasteiger partial charge in [-0.05, 0) is 32.9 Å². The van der Waals surface area contributed by atoms with E-state index in [0.29, 0.717) is 0 Å². The third-order valence-electron chi connectivity index (χ3n) is 3.23. The molecule has 0 saturated carbocycles. The number of aryl methyl sites for hydroxylation is 1. The van der Waals surface area contributed by atoms with Crippen LogP contribution in [0, 0.1) is 0 Å². The fraction of sp³-hybridized carbons (Fsp3) is 0.800. The van der Waals surface area contributed by atoms with Gasteiger partial charge in [-0.3, -0.25) is 0 Å². The molecule has 1 atom stereocenters. The molecule has 84 valence electrons. The molecule has 1 aromatic rings. The highest BCUT2D eigenvalue weighted by molar-refractivity contribution is 5.08. The topological polar surface area (TPSA) is 54.2 Å². The molecule has 2 rings (SSSR count). The number of aromatic nitrogens is 3. The summed E-state index contributed by atoms with van der Waals surface area (Å²) < 4.78 is 1.67. The number of nitrogens with zero attached hydrogens (tertiary/aromatic N) is 4. The lowest BCUT2D eigenvalue weighted by atomic mass is 9.91. The van der Waals surface area contributed by atoms with Gasteiger partial charge in [0.25, 0.3) is 0 Å². The van der Waals surface area contributed by atoms with Crippen molar-refractivity contribution in [1.82, 2.24) is 19.9 Å². The van der Waals surface area contributed by atoms with Crippen LogP contribution in [0.1, 0.15) is 25.0 Å². The Bertz CT molecular complexity index is 338. The maximum Gasteiger partial charge on any atom is 0.109 e. The average molecular weight is 210 g/mol. The van der Waals surface area contributed by atoms with Crippen LogP contribution in [0.25, 0.3) is 0 Å². The van der Waals surface area contributed by atoms with Crippen LogP contribution in [-0.4, -0.2) is 45.1 Å². The van der Waals surface area contributed by atoms with E-state index in [2.05, 4.69) is 22.3 Å². The minimum absolute atomic E-state index is 0.747. The Morgan fingerprint density at radius 2 is 2.13 bits per heavy atom. The van der Waals surface area contributed by atoms with Gasteiger partial charge >= 0.3 is 0 Å². The summed E-state index contributed by atoms with van der Waals surface area (Å²) in [6, 6.07) is 0. The summed E-state index contributed by atoms with van der Waals surface area (Å²) in [5.74, 6) is 0. The minimum atomic E-state index is -0.747. The highest BCUT2D eigenvalue weighted by Crippen LogP contribution is 2.31. The van der Waals surface area contributed by atoms with Crippen LogP contribution >= 0.6 is 0 Å². The first-order chi connectivity index (χ1) is 7.12. The maximum absolute atomic E-state index is 10.6. The van der Waals surface area contributed by atoms with Crippen molar-refractivity contribution in [1.29, 1.82) is 0 Å². The maximum atomic E-state index is 10.6. The van der Waals surface area contributed by atoms with Crippen molar-refractivity contribution in [2.24, 2.45) is 7.05 Å². The van der Waals surface area contributed by atoms with Gasteiger partial charge in [0.05, 0.1) is 11.9 Å². The first kappa shape index (κ1) is 10.6. The zero-order chi connectivity index (χ0) is 10.9. The predicted octanol–water partition coefficient (Wildman–Crippen LogP) is 0.118. The molecule has 2 heterocycles. The summed E-state index contributed by atoms with van der Waals surface area (Å²) in [5, 5.41) is 18.3. The molecule has 15 heavy (non-hydrogen) atoms. The van der Waals surface area contributed by atoms with E-state index in [0.717, 1.165) is 38.0 Å². The van der Waals surface area contributed by atoms with E-state index in [1.807, 2.05) is 7.05 Å². The molecule has 1 N–H and O–H groups in total. The third-order valence-corrected chi connectivity index (χ3v) is 3.23. The Morgan fingerprint density at radius 1 is 1.33 bits per heavy atom. The standard InChI is InChI=1S/C10H18N4O/c1-13-6-3-4-10(15,5-7-13)9-8-11-12-14(9)2/h8,15H,3-7H2,1-2H3. The molecule has 5 heteroatoms. The Balaban J connectivity index is 2.22. The molecule has 1 unspecified atom stereocenters. The lowest BCUT2D eigenvalue weighted by Crippen LogP contribution is -2.30. The molecule has 1 aliphatic heterocycles. The monoisotopic (exact) mass is 210 g/mol. The normalized spacial score (nSPS) is 29.0. The largest absolute Gasteiger partial charge is 0.383 e. The second-order valence-corrected chi connectivity index (χ2v) is 4.43. The van der Waals surface area contributed by atoms with Crippen LogP contribution in [0.2, 0.25) is 0 Å². The summed E-state index contributed by atoms with van der Waals surface area (Å²) in [4.78, 5) is 2.25. The smallest absolute Gasteiger partial charge is 0.109 e. The summed E-state index contributed by atoms with van der Waals surface area (Å²) in [7, 11) is 3.92. The molecule has 1 aromatic heterocycles. The Morgan fingerprint density at radius 3 is 2.80 bits per heavy atom. The number of rotatable bonds is 1. The van der Waals surface area contributed by atoms with Crippen LogP contribution in [0.5, 0.6) is 0 Å². The van der Waals surface area contributed by atoms with Gasteiger partial charge in [-0.25, -0.2) is 4.68 Å². The Hall–Kier alpha value is -0.940. The molecule has 1 saturated heterocycles. The number of hydrogen-bond acceptors (Lipinski definition) is 4. The predicted molar refractivity (Wildman–Crippen MR) is 56.2 cm³/mol. The van der Waals surface area contributed by atoms with Crippen LogP contribution in [0.15, 0.2) is 6.20 Å². The minimum Gasteiger partial charge on any atom is -0.383 e. The van der Waals surface area contributed by atoms with Gasteiger partial charge in [-0.15, -0.1) is 5.10 Å². The highest BCUT2D eigenvalue weighted by Gasteiger charge is 2.34. The zero-order valence-electron chi connectivity index (χ0n) is 9.35. The molecule has 5 nitrogen and oxygen atoms in total. The van der Waals surface area contributed by atoms with E-state index in [9.17, 15) is 5.11 Å². The molecule has 0 spiro atoms. The first-order valence-corrected chi connectivity index (χ1v) is 5.38. The number of hydrogen-bond donors (Lipinski definition) is 1. The van der Waals surface area contributed by atoms with Crippen molar-refractivity contribution >= 4 is 0 Å². The molecule has 1 fully saturated rings. The van der Waals surface area contributed by atoms with Gasteiger partial charge in [0.1, 0.15) is 5.60 Å². The van der Waals surface area contributed by atoms with E-state index in [1.165, 1.54) is 0 Å². The summed E-state index contributed by atoms with van der Waals surface area (Å²) in [5.41, 5.74) is 0.0843. The van der Waals surface area contributed by atoms with E-state index >= 15 is 0 Å². The second-order valence-electron chi connectivity index (χ2n) is 4.43. The summed E-state index contributed by atoms with van der Waals surface area (Å²) in [6.45, 7) is 1.97. The fourth-order valence-electron chi connectivity index (χ4n) is 2.22. The lowest BCUT2D eigenvalue weighted by molar-refractivity contribution is 0.0139. The quantitative estimate of drug-likeness (QED) is 0.715. The second kappa shape index (κ2) is 3.90. The van der Waals surface area contributed by atoms with E-state index in [4.69, 9.17) is 0 Å². The van der Waals surface area contributed by atoms with Gasteiger partial charge in [0, 0.05) is 13.6 Å². The number of aliphatic hydroxyl groups is 1. The highest BCUT2D eigenvalue weighted by atomic mass is 16.3. The van der Waals surface area contributed by atoms with Crippen LogP contribution in [-0.2, 0) is 12.6 Å². The molecule has 0 aliphatic carbocycles. The lowest BCUT2D eigenvalue weighted by Gasteiger charge is -2.25. The van der Waals surface area contributed by atoms with Crippen molar-refractivity contribution in [3.63, 3.8) is 0 Å². The SMILES string of the molecule is CN1CCCC(O)(c2cnnn2C)CC1. The molecule has 0 radical (unpaired) electrons. The Labute approximate surface area is 89.7 Å². The van der Waals surface area contributed by atoms with Gasteiger partial charge in [0.15, 0.2) is 0 Å². The molecule has 0 aromatic carbocycles. The molecular weight excluding hydrogens is 192 g/mol. The third kappa shape index (κ3) is 2.03. The van der Waals surface area contributed by atoms with Crippen LogP contribution < -0.4 is 0 Å². The zero-order valence-corrected chi connectivity index (χ0v) is 9.35. The van der Waals surface area contributed by atoms with Gasteiger partial charge in [0.2, 0.25) is 0 Å². The van der Waals surface area contributed by atoms with Gasteiger partial charge in [-0.1, -0.05) is 5.21 Å². The van der Waals surface area contributed by atoms with Crippen molar-refractivity contribution < 1.29 is 5.11 Å². The Kier molecular flexibility index (Phi) is 2.75. The van der Waals surface area contributed by atoms with E-state index < -0.39 is 5.60 Å². The summed E-state index contributed by atoms with van der Waals surface area (Å²) >= 11 is 0. The molecule has 0 amide bonds. The van der Waals surface area contributed by atoms with Gasteiger partial charge < -0.3 is 10.0 Å². The average Bonchev–Trinajstić information content (AvgIpc) is 2.55.